The average molecular weight is 864 g/mol. The van der Waals surface area contributed by atoms with Crippen molar-refractivity contribution in [3.63, 3.8) is 0 Å². The molecule has 2 aromatic rings. The number of aromatic nitrogens is 2. The van der Waals surface area contributed by atoms with Crippen molar-refractivity contribution in [2.24, 2.45) is 0 Å². The van der Waals surface area contributed by atoms with E-state index in [9.17, 15) is 37.1 Å². The zero-order valence-corrected chi connectivity index (χ0v) is 34.9. The molecule has 4 fully saturated rings. The summed E-state index contributed by atoms with van der Waals surface area (Å²) in [5, 5.41) is 14.3. The largest absolute Gasteiger partial charge is 0.419 e. The lowest BCUT2D eigenvalue weighted by Gasteiger charge is -2.44. The number of nitrogens with zero attached hydrogens (tertiary/aromatic N) is 7. The number of amides is 6. The minimum Gasteiger partial charge on any atom is -0.378 e. The summed E-state index contributed by atoms with van der Waals surface area (Å²) < 4.78 is 47.7. The van der Waals surface area contributed by atoms with Gasteiger partial charge in [-0.1, -0.05) is 0 Å². The molecule has 0 bridgehead atoms. The van der Waals surface area contributed by atoms with Crippen LogP contribution in [0.2, 0.25) is 0 Å². The van der Waals surface area contributed by atoms with E-state index in [1.807, 2.05) is 0 Å². The summed E-state index contributed by atoms with van der Waals surface area (Å²) in [6.45, 7) is 10.7. The first-order valence-electron chi connectivity index (χ1n) is 19.5. The van der Waals surface area contributed by atoms with Gasteiger partial charge in [-0.15, -0.1) is 12.4 Å². The SMILES string of the molecule is C[C@@H]1CN(CCCOC2CCC(N3C(=O)N(Sc4cnc(C#N)c(C(F)(F)F)c4)C(=O)C3(C)C)CC2)C[C@H](C)N1CC(=O)Nc1ccc(C2CCC(=O)NC2=O)nc1.Cl. The van der Waals surface area contributed by atoms with Crippen molar-refractivity contribution in [2.75, 3.05) is 38.1 Å². The van der Waals surface area contributed by atoms with Crippen molar-refractivity contribution in [3.05, 3.63) is 47.5 Å². The monoisotopic (exact) mass is 863 g/mol. The maximum Gasteiger partial charge on any atom is 0.419 e. The quantitative estimate of drug-likeness (QED) is 0.125. The highest BCUT2D eigenvalue weighted by molar-refractivity contribution is 7.98. The van der Waals surface area contributed by atoms with Gasteiger partial charge in [0.25, 0.3) is 5.91 Å². The van der Waals surface area contributed by atoms with Crippen LogP contribution in [0.25, 0.3) is 0 Å². The smallest absolute Gasteiger partial charge is 0.378 e. The molecule has 59 heavy (non-hydrogen) atoms. The highest BCUT2D eigenvalue weighted by Gasteiger charge is 2.55. The average Bonchev–Trinajstić information content (AvgIpc) is 3.33. The molecule has 20 heteroatoms. The second-order valence-electron chi connectivity index (χ2n) is 15.9. The van der Waals surface area contributed by atoms with Gasteiger partial charge in [0, 0.05) is 73.8 Å². The summed E-state index contributed by atoms with van der Waals surface area (Å²) in [6.07, 6.45) is 1.84. The highest BCUT2D eigenvalue weighted by Crippen LogP contribution is 2.41. The number of imide groups is 2. The van der Waals surface area contributed by atoms with Gasteiger partial charge in [0.1, 0.15) is 11.6 Å². The Bertz CT molecular complexity index is 1930. The molecular weight excluding hydrogens is 815 g/mol. The van der Waals surface area contributed by atoms with Crippen molar-refractivity contribution in [2.45, 2.75) is 119 Å². The number of hydrogen-bond acceptors (Lipinski definition) is 12. The third-order valence-corrected chi connectivity index (χ3v) is 12.2. The number of halogens is 4. The van der Waals surface area contributed by atoms with Gasteiger partial charge < -0.3 is 19.9 Å². The predicted octanol–water partition coefficient (Wildman–Crippen LogP) is 5.11. The molecule has 6 rings (SSSR count). The van der Waals surface area contributed by atoms with E-state index in [1.165, 1.54) is 17.2 Å². The van der Waals surface area contributed by atoms with Crippen molar-refractivity contribution in [3.8, 4) is 6.07 Å². The standard InChI is InChI=1S/C39H48F3N9O6S.ClH/c1-23-20-48(21-24(2)49(23)22-34(53)46-25-6-12-31(44-18-25)29-11-13-33(52)47-35(29)54)14-5-15-57-27-9-7-26(8-10-27)50-37(56)51(36(55)38(50,3)4)58-28-16-30(39(40,41)42)32(17-43)45-19-28;/h6,12,16,18-19,23-24,26-27,29H,5,7-11,13-15,20-22H2,1-4H3,(H,46,53)(H,47,52,54);1H/t23-,24+,26?,27?,29?;. The Labute approximate surface area is 351 Å². The Morgan fingerprint density at radius 3 is 2.36 bits per heavy atom. The molecule has 2 aromatic heterocycles. The molecular formula is C39H49ClF3N9O6S. The maximum absolute atomic E-state index is 13.6. The molecule has 0 radical (unpaired) electrons. The van der Waals surface area contributed by atoms with Crippen molar-refractivity contribution in [1.29, 1.82) is 5.26 Å². The van der Waals surface area contributed by atoms with E-state index in [4.69, 9.17) is 10.00 Å². The molecule has 1 unspecified atom stereocenters. The summed E-state index contributed by atoms with van der Waals surface area (Å²) >= 11 is 0.573. The second kappa shape index (κ2) is 18.9. The fourth-order valence-electron chi connectivity index (χ4n) is 8.37. The molecule has 6 amide bonds. The molecule has 0 aromatic carbocycles. The van der Waals surface area contributed by atoms with Crippen LogP contribution in [-0.4, -0.2) is 121 Å². The summed E-state index contributed by atoms with van der Waals surface area (Å²) in [5.74, 6) is -1.83. The summed E-state index contributed by atoms with van der Waals surface area (Å²) in [7, 11) is 0. The summed E-state index contributed by atoms with van der Waals surface area (Å²) in [4.78, 5) is 77.6. The number of piperazine rings is 1. The lowest BCUT2D eigenvalue weighted by atomic mass is 9.89. The van der Waals surface area contributed by atoms with Crippen LogP contribution in [0, 0.1) is 11.3 Å². The number of carbonyl (C=O) groups is 5. The Hall–Kier alpha value is -4.35. The third-order valence-electron chi connectivity index (χ3n) is 11.3. The van der Waals surface area contributed by atoms with Crippen LogP contribution < -0.4 is 10.6 Å². The number of carbonyl (C=O) groups excluding carboxylic acids is 5. The number of hydrogen-bond donors (Lipinski definition) is 2. The van der Waals surface area contributed by atoms with E-state index in [1.54, 1.807) is 26.0 Å². The molecule has 15 nitrogen and oxygen atoms in total. The second-order valence-corrected chi connectivity index (χ2v) is 16.9. The van der Waals surface area contributed by atoms with Gasteiger partial charge in [-0.3, -0.25) is 34.4 Å². The van der Waals surface area contributed by atoms with E-state index in [0.717, 1.165) is 42.6 Å². The van der Waals surface area contributed by atoms with Gasteiger partial charge in [-0.05, 0) is 84.4 Å². The predicted molar refractivity (Wildman–Crippen MR) is 212 cm³/mol. The minimum atomic E-state index is -4.83. The first-order chi connectivity index (χ1) is 27.5. The molecule has 0 spiro atoms. The van der Waals surface area contributed by atoms with Crippen LogP contribution in [0.1, 0.15) is 95.5 Å². The van der Waals surface area contributed by atoms with Gasteiger partial charge in [-0.25, -0.2) is 9.78 Å². The zero-order chi connectivity index (χ0) is 41.9. The fraction of sp³-hybridized carbons (Fsp3) is 0.590. The zero-order valence-electron chi connectivity index (χ0n) is 33.3. The summed E-state index contributed by atoms with van der Waals surface area (Å²) in [6, 6.07) is 5.01. The fourth-order valence-corrected chi connectivity index (χ4v) is 9.32. The lowest BCUT2D eigenvalue weighted by molar-refractivity contribution is -0.138. The van der Waals surface area contributed by atoms with Crippen LogP contribution in [0.3, 0.4) is 0 Å². The number of urea groups is 1. The van der Waals surface area contributed by atoms with Crippen LogP contribution in [-0.2, 0) is 30.1 Å². The van der Waals surface area contributed by atoms with Gasteiger partial charge in [0.15, 0.2) is 5.69 Å². The highest BCUT2D eigenvalue weighted by atomic mass is 35.5. The molecule has 5 heterocycles. The minimum absolute atomic E-state index is 0. The summed E-state index contributed by atoms with van der Waals surface area (Å²) in [5.41, 5.74) is -2.13. The number of ether oxygens (including phenoxy) is 1. The lowest BCUT2D eigenvalue weighted by Crippen LogP contribution is -2.58. The molecule has 3 atom stereocenters. The van der Waals surface area contributed by atoms with E-state index in [2.05, 4.69) is 44.2 Å². The number of pyridine rings is 2. The molecule has 3 aliphatic heterocycles. The van der Waals surface area contributed by atoms with Crippen LogP contribution in [0.15, 0.2) is 35.5 Å². The number of nitriles is 1. The van der Waals surface area contributed by atoms with E-state index in [-0.39, 0.29) is 72.2 Å². The number of rotatable bonds is 12. The molecule has 320 valence electrons. The Morgan fingerprint density at radius 2 is 1.75 bits per heavy atom. The first kappa shape index (κ1) is 45.7. The molecule has 1 aliphatic carbocycles. The van der Waals surface area contributed by atoms with Gasteiger partial charge in [0.2, 0.25) is 17.7 Å². The Morgan fingerprint density at radius 1 is 1.05 bits per heavy atom. The third kappa shape index (κ3) is 10.5. The first-order valence-corrected chi connectivity index (χ1v) is 20.3. The number of nitrogens with one attached hydrogen (secondary N) is 2. The topological polar surface area (TPSA) is 181 Å². The van der Waals surface area contributed by atoms with Crippen molar-refractivity contribution >= 4 is 59.7 Å². The molecule has 4 aliphatic rings. The maximum atomic E-state index is 13.6. The van der Waals surface area contributed by atoms with E-state index in [0.29, 0.717) is 62.0 Å². The number of piperidine rings is 1. The van der Waals surface area contributed by atoms with E-state index >= 15 is 0 Å². The van der Waals surface area contributed by atoms with Crippen molar-refractivity contribution in [1.82, 2.24) is 34.3 Å². The Kier molecular flexibility index (Phi) is 14.7. The van der Waals surface area contributed by atoms with Gasteiger partial charge in [0.05, 0.1) is 41.7 Å². The van der Waals surface area contributed by atoms with Crippen LogP contribution in [0.5, 0.6) is 0 Å². The van der Waals surface area contributed by atoms with Crippen LogP contribution in [0.4, 0.5) is 23.7 Å². The van der Waals surface area contributed by atoms with Crippen molar-refractivity contribution < 1.29 is 41.9 Å². The van der Waals surface area contributed by atoms with E-state index < -0.39 is 40.8 Å². The van der Waals surface area contributed by atoms with Crippen LogP contribution >= 0.6 is 24.4 Å². The number of anilines is 1. The molecule has 1 saturated carbocycles. The normalized spacial score (nSPS) is 25.4. The molecule has 2 N–H and O–H groups in total. The Balaban J connectivity index is 0.00000661. The van der Waals surface area contributed by atoms with Gasteiger partial charge in [-0.2, -0.15) is 22.7 Å². The number of alkyl halides is 3. The van der Waals surface area contributed by atoms with Gasteiger partial charge >= 0.3 is 12.2 Å². The molecule has 3 saturated heterocycles.